The highest BCUT2D eigenvalue weighted by molar-refractivity contribution is 7.10. The van der Waals surface area contributed by atoms with Crippen molar-refractivity contribution in [2.24, 2.45) is 5.41 Å². The van der Waals surface area contributed by atoms with Crippen LogP contribution in [-0.4, -0.2) is 40.1 Å². The van der Waals surface area contributed by atoms with E-state index in [4.69, 9.17) is 0 Å². The number of piperidine rings is 1. The van der Waals surface area contributed by atoms with Crippen molar-refractivity contribution in [1.29, 1.82) is 0 Å². The molecule has 2 heterocycles. The predicted molar refractivity (Wildman–Crippen MR) is 97.2 cm³/mol. The van der Waals surface area contributed by atoms with Crippen molar-refractivity contribution in [3.05, 3.63) is 36.4 Å². The maximum atomic E-state index is 12.4. The molecule has 24 heavy (non-hydrogen) atoms. The second-order valence-electron chi connectivity index (χ2n) is 6.37. The van der Waals surface area contributed by atoms with Gasteiger partial charge < -0.3 is 10.0 Å². The summed E-state index contributed by atoms with van der Waals surface area (Å²) in [6.07, 6.45) is 2.66. The van der Waals surface area contributed by atoms with Crippen LogP contribution in [0.3, 0.4) is 0 Å². The van der Waals surface area contributed by atoms with E-state index in [1.54, 1.807) is 0 Å². The Hall–Kier alpha value is -1.92. The fourth-order valence-corrected chi connectivity index (χ4v) is 3.72. The van der Waals surface area contributed by atoms with E-state index < -0.39 is 0 Å². The van der Waals surface area contributed by atoms with E-state index in [0.29, 0.717) is 13.1 Å². The van der Waals surface area contributed by atoms with Gasteiger partial charge >= 0.3 is 6.03 Å². The van der Waals surface area contributed by atoms with Crippen molar-refractivity contribution in [2.45, 2.75) is 26.2 Å². The van der Waals surface area contributed by atoms with Crippen LogP contribution in [0.25, 0.3) is 11.3 Å². The van der Waals surface area contributed by atoms with Crippen molar-refractivity contribution in [1.82, 2.24) is 9.27 Å². The van der Waals surface area contributed by atoms with Crippen LogP contribution in [0, 0.1) is 5.41 Å². The molecule has 0 bridgehead atoms. The molecule has 1 aliphatic heterocycles. The van der Waals surface area contributed by atoms with Crippen LogP contribution in [0.5, 0.6) is 0 Å². The molecular weight excluding hydrogens is 322 g/mol. The van der Waals surface area contributed by atoms with Crippen LogP contribution >= 0.6 is 11.5 Å². The van der Waals surface area contributed by atoms with Gasteiger partial charge in [-0.15, -0.1) is 0 Å². The zero-order valence-corrected chi connectivity index (χ0v) is 14.7. The molecule has 1 fully saturated rings. The van der Waals surface area contributed by atoms with Crippen molar-refractivity contribution < 1.29 is 9.90 Å². The smallest absolute Gasteiger partial charge is 0.322 e. The number of aromatic nitrogens is 1. The number of amides is 2. The maximum Gasteiger partial charge on any atom is 0.322 e. The van der Waals surface area contributed by atoms with E-state index in [1.807, 2.05) is 41.3 Å². The molecule has 0 spiro atoms. The number of aliphatic hydroxyl groups excluding tert-OH is 1. The second kappa shape index (κ2) is 7.32. The summed E-state index contributed by atoms with van der Waals surface area (Å²) in [5, 5.41) is 13.3. The van der Waals surface area contributed by atoms with Crippen LogP contribution < -0.4 is 5.32 Å². The Bertz CT molecular complexity index is 673. The maximum absolute atomic E-state index is 12.4. The summed E-state index contributed by atoms with van der Waals surface area (Å²) < 4.78 is 4.41. The molecule has 1 aromatic carbocycles. The molecule has 0 unspecified atom stereocenters. The lowest BCUT2D eigenvalue weighted by Crippen LogP contribution is -2.45. The Balaban J connectivity index is 1.59. The first-order chi connectivity index (χ1) is 11.7. The minimum Gasteiger partial charge on any atom is -0.396 e. The summed E-state index contributed by atoms with van der Waals surface area (Å²) in [6, 6.07) is 11.8. The van der Waals surface area contributed by atoms with Crippen molar-refractivity contribution >= 4 is 22.6 Å². The summed E-state index contributed by atoms with van der Waals surface area (Å²) in [5.41, 5.74) is 1.91. The number of benzene rings is 1. The summed E-state index contributed by atoms with van der Waals surface area (Å²) in [6.45, 7) is 3.68. The van der Waals surface area contributed by atoms with Crippen LogP contribution in [-0.2, 0) is 0 Å². The van der Waals surface area contributed by atoms with Gasteiger partial charge in [-0.05, 0) is 36.2 Å². The fraction of sp³-hybridized carbons (Fsp3) is 0.444. The average Bonchev–Trinajstić information content (AvgIpc) is 3.11. The molecule has 1 aliphatic rings. The van der Waals surface area contributed by atoms with E-state index in [0.717, 1.165) is 35.5 Å². The lowest BCUT2D eigenvalue weighted by molar-refractivity contribution is 0.0542. The number of hydrogen-bond acceptors (Lipinski definition) is 4. The van der Waals surface area contributed by atoms with Crippen molar-refractivity contribution in [3.8, 4) is 11.3 Å². The molecular formula is C18H23N3O2S. The highest BCUT2D eigenvalue weighted by atomic mass is 32.1. The molecule has 128 valence electrons. The Kier molecular flexibility index (Phi) is 5.16. The fourth-order valence-electron chi connectivity index (χ4n) is 3.07. The first-order valence-corrected chi connectivity index (χ1v) is 9.12. The highest BCUT2D eigenvalue weighted by Crippen LogP contribution is 2.34. The summed E-state index contributed by atoms with van der Waals surface area (Å²) in [5.74, 6) is 0. The van der Waals surface area contributed by atoms with Gasteiger partial charge in [0.15, 0.2) is 0 Å². The zero-order valence-electron chi connectivity index (χ0n) is 13.9. The number of carbonyl (C=O) groups excluding carboxylic acids is 1. The lowest BCUT2D eigenvalue weighted by Gasteiger charge is -2.40. The Morgan fingerprint density at radius 3 is 2.67 bits per heavy atom. The van der Waals surface area contributed by atoms with Gasteiger partial charge in [-0.2, -0.15) is 4.37 Å². The van der Waals surface area contributed by atoms with E-state index in [1.165, 1.54) is 11.5 Å². The molecule has 5 nitrogen and oxygen atoms in total. The molecule has 1 aromatic heterocycles. The minimum atomic E-state index is -0.0825. The van der Waals surface area contributed by atoms with Gasteiger partial charge in [-0.25, -0.2) is 4.79 Å². The third-order valence-corrected chi connectivity index (χ3v) is 5.71. The largest absolute Gasteiger partial charge is 0.396 e. The zero-order chi connectivity index (χ0) is 17.0. The quantitative estimate of drug-likeness (QED) is 0.885. The monoisotopic (exact) mass is 345 g/mol. The number of nitrogens with zero attached hydrogens (tertiary/aromatic N) is 2. The van der Waals surface area contributed by atoms with Crippen LogP contribution in [0.2, 0.25) is 0 Å². The molecule has 0 radical (unpaired) electrons. The second-order valence-corrected chi connectivity index (χ2v) is 7.18. The average molecular weight is 345 g/mol. The van der Waals surface area contributed by atoms with Crippen LogP contribution in [0.15, 0.2) is 36.4 Å². The third kappa shape index (κ3) is 3.60. The van der Waals surface area contributed by atoms with E-state index in [9.17, 15) is 9.90 Å². The topological polar surface area (TPSA) is 65.5 Å². The van der Waals surface area contributed by atoms with Gasteiger partial charge in [0.2, 0.25) is 0 Å². The number of carbonyl (C=O) groups is 1. The summed E-state index contributed by atoms with van der Waals surface area (Å²) >= 11 is 1.30. The van der Waals surface area contributed by atoms with Crippen molar-refractivity contribution in [2.75, 3.05) is 25.0 Å². The normalized spacial score (nSPS) is 16.8. The first-order valence-electron chi connectivity index (χ1n) is 8.35. The number of hydrogen-bond donors (Lipinski definition) is 2. The Labute approximate surface area is 146 Å². The lowest BCUT2D eigenvalue weighted by atomic mass is 9.77. The SMILES string of the molecule is CCC1(CO)CCN(C(=O)Nc2cc(-c3ccccc3)ns2)CC1. The van der Waals surface area contributed by atoms with Gasteiger partial charge in [0, 0.05) is 31.3 Å². The van der Waals surface area contributed by atoms with Gasteiger partial charge in [0.25, 0.3) is 0 Å². The standard InChI is InChI=1S/C18H23N3O2S/c1-2-18(13-22)8-10-21(11-9-18)17(23)19-16-12-15(20-24-16)14-6-4-3-5-7-14/h3-7,12,22H,2,8-11,13H2,1H3,(H,19,23). The van der Waals surface area contributed by atoms with E-state index in [-0.39, 0.29) is 18.1 Å². The number of nitrogens with one attached hydrogen (secondary N) is 1. The minimum absolute atomic E-state index is 0.0122. The molecule has 0 aliphatic carbocycles. The molecule has 3 rings (SSSR count). The van der Waals surface area contributed by atoms with Gasteiger partial charge in [0.1, 0.15) is 5.00 Å². The van der Waals surface area contributed by atoms with Gasteiger partial charge in [0.05, 0.1) is 5.69 Å². The predicted octanol–water partition coefficient (Wildman–Crippen LogP) is 3.83. The summed E-state index contributed by atoms with van der Waals surface area (Å²) in [4.78, 5) is 14.3. The molecule has 0 atom stereocenters. The number of anilines is 1. The molecule has 0 saturated carbocycles. The number of urea groups is 1. The highest BCUT2D eigenvalue weighted by Gasteiger charge is 2.33. The molecule has 2 aromatic rings. The van der Waals surface area contributed by atoms with Gasteiger partial charge in [-0.3, -0.25) is 5.32 Å². The first kappa shape index (κ1) is 16.9. The molecule has 2 N–H and O–H groups in total. The number of rotatable bonds is 4. The van der Waals surface area contributed by atoms with E-state index in [2.05, 4.69) is 16.6 Å². The summed E-state index contributed by atoms with van der Waals surface area (Å²) in [7, 11) is 0. The molecule has 6 heteroatoms. The van der Waals surface area contributed by atoms with Crippen LogP contribution in [0.1, 0.15) is 26.2 Å². The molecule has 1 saturated heterocycles. The Morgan fingerprint density at radius 1 is 1.33 bits per heavy atom. The number of likely N-dealkylation sites (tertiary alicyclic amines) is 1. The number of aliphatic hydroxyl groups is 1. The Morgan fingerprint density at radius 2 is 2.04 bits per heavy atom. The van der Waals surface area contributed by atoms with E-state index >= 15 is 0 Å². The molecule has 2 amide bonds. The van der Waals surface area contributed by atoms with Gasteiger partial charge in [-0.1, -0.05) is 37.3 Å². The van der Waals surface area contributed by atoms with Crippen LogP contribution in [0.4, 0.5) is 9.80 Å². The van der Waals surface area contributed by atoms with Crippen molar-refractivity contribution in [3.63, 3.8) is 0 Å². The third-order valence-electron chi connectivity index (χ3n) is 5.01.